The molecule has 7 nitrogen and oxygen atoms in total. The van der Waals surface area contributed by atoms with E-state index < -0.39 is 12.0 Å². The Hall–Kier alpha value is -3.48. The Morgan fingerprint density at radius 2 is 1.81 bits per heavy atom. The van der Waals surface area contributed by atoms with Crippen LogP contribution in [0, 0.1) is 0 Å². The fourth-order valence-corrected chi connectivity index (χ4v) is 3.09. The molecule has 2 heterocycles. The van der Waals surface area contributed by atoms with Crippen LogP contribution in [0.3, 0.4) is 0 Å². The average Bonchev–Trinajstić information content (AvgIpc) is 2.80. The van der Waals surface area contributed by atoms with E-state index in [0.717, 1.165) is 16.8 Å². The van der Waals surface area contributed by atoms with Crippen LogP contribution in [0.4, 0.5) is 5.69 Å². The normalized spacial score (nSPS) is 16.0. The number of allylic oxidation sites excluding steroid dienone is 1. The molecule has 0 bridgehead atoms. The van der Waals surface area contributed by atoms with Gasteiger partial charge in [0.05, 0.1) is 19.9 Å². The second kappa shape index (κ2) is 7.82. The molecule has 1 aliphatic heterocycles. The van der Waals surface area contributed by atoms with E-state index in [-0.39, 0.29) is 5.95 Å². The minimum Gasteiger partial charge on any atom is -0.479 e. The highest BCUT2D eigenvalue weighted by molar-refractivity contribution is 5.84. The van der Waals surface area contributed by atoms with E-state index in [4.69, 9.17) is 9.47 Å². The van der Waals surface area contributed by atoms with Gasteiger partial charge >= 0.3 is 11.9 Å². The zero-order chi connectivity index (χ0) is 19.4. The third-order valence-electron chi connectivity index (χ3n) is 4.36. The Morgan fingerprint density at radius 3 is 2.44 bits per heavy atom. The van der Waals surface area contributed by atoms with Crippen LogP contribution in [0.2, 0.25) is 0 Å². The van der Waals surface area contributed by atoms with E-state index in [9.17, 15) is 9.90 Å². The Morgan fingerprint density at radius 1 is 1.15 bits per heavy atom. The third kappa shape index (κ3) is 3.57. The second-order valence-corrected chi connectivity index (χ2v) is 5.93. The number of ether oxygens (including phenoxy) is 2. The van der Waals surface area contributed by atoms with Crippen LogP contribution >= 0.6 is 0 Å². The van der Waals surface area contributed by atoms with Gasteiger partial charge in [-0.05, 0) is 35.8 Å². The van der Waals surface area contributed by atoms with Crippen LogP contribution in [0.5, 0.6) is 0 Å². The number of carboxylic acids is 1. The minimum atomic E-state index is -0.996. The molecule has 0 saturated heterocycles. The molecule has 3 rings (SSSR count). The van der Waals surface area contributed by atoms with Gasteiger partial charge in [0.2, 0.25) is 0 Å². The highest BCUT2D eigenvalue weighted by atomic mass is 16.7. The van der Waals surface area contributed by atoms with E-state index in [1.807, 2.05) is 37.3 Å². The van der Waals surface area contributed by atoms with Gasteiger partial charge in [-0.2, -0.15) is 0 Å². The van der Waals surface area contributed by atoms with Crippen molar-refractivity contribution in [3.63, 3.8) is 0 Å². The van der Waals surface area contributed by atoms with Gasteiger partial charge in [0, 0.05) is 18.1 Å². The summed E-state index contributed by atoms with van der Waals surface area (Å²) in [5, 5.41) is 16.2. The van der Waals surface area contributed by atoms with E-state index >= 15 is 0 Å². The highest BCUT2D eigenvalue weighted by Crippen LogP contribution is 2.35. The standard InChI is InChI=1S/C20H21N3O4/c1-12-14-6-4-5-7-15(14)17(19(24)25)23-18(20(26-2)27-3)16(12)22-13-8-10-21-11-9-13/h4-11,17,23H,1-3H3,(H,21,22)(H,24,25). The van der Waals surface area contributed by atoms with Gasteiger partial charge in [-0.3, -0.25) is 4.98 Å². The lowest BCUT2D eigenvalue weighted by Gasteiger charge is -2.21. The second-order valence-electron chi connectivity index (χ2n) is 5.93. The number of anilines is 1. The number of rotatable bonds is 5. The molecule has 1 aliphatic rings. The largest absolute Gasteiger partial charge is 0.479 e. The van der Waals surface area contributed by atoms with Crippen molar-refractivity contribution >= 4 is 17.2 Å². The summed E-state index contributed by atoms with van der Waals surface area (Å²) in [5.41, 5.74) is 4.25. The molecular formula is C20H21N3O4. The van der Waals surface area contributed by atoms with Gasteiger partial charge in [-0.1, -0.05) is 24.3 Å². The molecule has 0 radical (unpaired) electrons. The van der Waals surface area contributed by atoms with Gasteiger partial charge in [-0.25, -0.2) is 4.79 Å². The summed E-state index contributed by atoms with van der Waals surface area (Å²) in [6, 6.07) is 10.1. The summed E-state index contributed by atoms with van der Waals surface area (Å²) in [7, 11) is 2.95. The maximum atomic E-state index is 12.0. The molecule has 1 atom stereocenters. The molecule has 7 heteroatoms. The molecule has 0 amide bonds. The van der Waals surface area contributed by atoms with Crippen molar-refractivity contribution in [2.24, 2.45) is 0 Å². The first-order chi connectivity index (χ1) is 13.1. The zero-order valence-electron chi connectivity index (χ0n) is 15.3. The van der Waals surface area contributed by atoms with Gasteiger partial charge in [0.1, 0.15) is 5.70 Å². The quantitative estimate of drug-likeness (QED) is 0.699. The number of fused-ring (bicyclic) bond motifs is 1. The number of nitrogens with one attached hydrogen (secondary N) is 2. The summed E-state index contributed by atoms with van der Waals surface area (Å²) in [6.45, 7) is 1.93. The maximum absolute atomic E-state index is 12.0. The molecule has 1 unspecified atom stereocenters. The van der Waals surface area contributed by atoms with Crippen LogP contribution in [0.15, 0.2) is 66.1 Å². The number of carbonyl (C=O) groups is 1. The third-order valence-corrected chi connectivity index (χ3v) is 4.36. The Labute approximate surface area is 157 Å². The minimum absolute atomic E-state index is 0.185. The number of benzene rings is 1. The number of aromatic nitrogens is 1. The van der Waals surface area contributed by atoms with Gasteiger partial charge < -0.3 is 25.2 Å². The van der Waals surface area contributed by atoms with E-state index in [1.54, 1.807) is 18.5 Å². The molecule has 1 aromatic heterocycles. The smallest absolute Gasteiger partial charge is 0.330 e. The van der Waals surface area contributed by atoms with Crippen molar-refractivity contribution < 1.29 is 19.4 Å². The Balaban J connectivity index is 2.24. The fourth-order valence-electron chi connectivity index (χ4n) is 3.09. The number of aliphatic carboxylic acids is 1. The first-order valence-electron chi connectivity index (χ1n) is 8.36. The fraction of sp³-hybridized carbons (Fsp3) is 0.200. The number of pyridine rings is 1. The SMILES string of the molecule is COC(OC)=C1NC(C(=O)O)c2ccccc2C(C)=C1Nc1ccncc1. The lowest BCUT2D eigenvalue weighted by atomic mass is 9.96. The summed E-state index contributed by atoms with van der Waals surface area (Å²) in [4.78, 5) is 16.0. The molecule has 0 aliphatic carbocycles. The summed E-state index contributed by atoms with van der Waals surface area (Å²) in [5.74, 6) is -0.811. The van der Waals surface area contributed by atoms with E-state index in [1.165, 1.54) is 14.2 Å². The molecule has 3 N–H and O–H groups in total. The Kier molecular flexibility index (Phi) is 5.30. The molecule has 0 saturated carbocycles. The van der Waals surface area contributed by atoms with Crippen molar-refractivity contribution in [1.29, 1.82) is 0 Å². The van der Waals surface area contributed by atoms with E-state index in [2.05, 4.69) is 15.6 Å². The van der Waals surface area contributed by atoms with Crippen molar-refractivity contribution in [2.75, 3.05) is 19.5 Å². The highest BCUT2D eigenvalue weighted by Gasteiger charge is 2.31. The van der Waals surface area contributed by atoms with E-state index in [0.29, 0.717) is 17.0 Å². The number of carboxylic acid groups (broad SMARTS) is 1. The first-order valence-corrected chi connectivity index (χ1v) is 8.36. The van der Waals surface area contributed by atoms with Crippen molar-refractivity contribution in [2.45, 2.75) is 13.0 Å². The maximum Gasteiger partial charge on any atom is 0.330 e. The van der Waals surface area contributed by atoms with Crippen molar-refractivity contribution in [1.82, 2.24) is 10.3 Å². The van der Waals surface area contributed by atoms with Crippen LogP contribution < -0.4 is 10.6 Å². The van der Waals surface area contributed by atoms with Crippen LogP contribution in [0.1, 0.15) is 24.1 Å². The monoisotopic (exact) mass is 367 g/mol. The zero-order valence-corrected chi connectivity index (χ0v) is 15.3. The molecule has 1 aromatic carbocycles. The summed E-state index contributed by atoms with van der Waals surface area (Å²) >= 11 is 0. The average molecular weight is 367 g/mol. The van der Waals surface area contributed by atoms with Crippen LogP contribution in [-0.4, -0.2) is 30.3 Å². The van der Waals surface area contributed by atoms with Crippen LogP contribution in [0.25, 0.3) is 5.57 Å². The van der Waals surface area contributed by atoms with Crippen molar-refractivity contribution in [3.05, 3.63) is 77.3 Å². The molecule has 0 spiro atoms. The molecule has 140 valence electrons. The van der Waals surface area contributed by atoms with Crippen molar-refractivity contribution in [3.8, 4) is 0 Å². The number of methoxy groups -OCH3 is 2. The lowest BCUT2D eigenvalue weighted by Crippen LogP contribution is -2.30. The predicted molar refractivity (Wildman–Crippen MR) is 101 cm³/mol. The molecule has 27 heavy (non-hydrogen) atoms. The number of hydrogen-bond donors (Lipinski definition) is 3. The van der Waals surface area contributed by atoms with Crippen LogP contribution in [-0.2, 0) is 14.3 Å². The Bertz CT molecular complexity index is 900. The summed E-state index contributed by atoms with van der Waals surface area (Å²) < 4.78 is 10.7. The predicted octanol–water partition coefficient (Wildman–Crippen LogP) is 3.12. The number of nitrogens with zero attached hydrogens (tertiary/aromatic N) is 1. The van der Waals surface area contributed by atoms with Gasteiger partial charge in [0.15, 0.2) is 6.04 Å². The van der Waals surface area contributed by atoms with Gasteiger partial charge in [0.25, 0.3) is 0 Å². The summed E-state index contributed by atoms with van der Waals surface area (Å²) in [6.07, 6.45) is 3.35. The topological polar surface area (TPSA) is 92.7 Å². The lowest BCUT2D eigenvalue weighted by molar-refractivity contribution is -0.139. The van der Waals surface area contributed by atoms with Gasteiger partial charge in [-0.15, -0.1) is 0 Å². The molecular weight excluding hydrogens is 346 g/mol. The molecule has 2 aromatic rings. The molecule has 0 fully saturated rings. The number of hydrogen-bond acceptors (Lipinski definition) is 6. The first kappa shape index (κ1) is 18.3.